The third kappa shape index (κ3) is 2.94. The molecule has 4 aromatic rings. The second kappa shape index (κ2) is 5.99. The van der Waals surface area contributed by atoms with Gasteiger partial charge in [-0.15, -0.1) is 16.4 Å². The maximum absolute atomic E-state index is 12.4. The van der Waals surface area contributed by atoms with Crippen molar-refractivity contribution in [2.24, 2.45) is 0 Å². The number of fused-ring (bicyclic) bond motifs is 1. The Morgan fingerprint density at radius 2 is 2.04 bits per heavy atom. The minimum atomic E-state index is -0.364. The quantitative estimate of drug-likeness (QED) is 0.593. The number of anilines is 1. The van der Waals surface area contributed by atoms with E-state index in [0.29, 0.717) is 11.4 Å². The van der Waals surface area contributed by atoms with Gasteiger partial charge in [0, 0.05) is 11.6 Å². The van der Waals surface area contributed by atoms with Gasteiger partial charge in [-0.25, -0.2) is 0 Å². The van der Waals surface area contributed by atoms with Crippen molar-refractivity contribution in [3.05, 3.63) is 69.3 Å². The van der Waals surface area contributed by atoms with Crippen molar-refractivity contribution in [3.63, 3.8) is 0 Å². The molecule has 7 nitrogen and oxygen atoms in total. The number of hydrogen-bond donors (Lipinski definition) is 2. The fourth-order valence-electron chi connectivity index (χ4n) is 2.39. The number of aromatic nitrogens is 4. The molecule has 1 amide bonds. The first-order valence-electron chi connectivity index (χ1n) is 7.52. The average Bonchev–Trinajstić information content (AvgIpc) is 3.24. The van der Waals surface area contributed by atoms with Gasteiger partial charge in [-0.05, 0) is 30.5 Å². The summed E-state index contributed by atoms with van der Waals surface area (Å²) in [4.78, 5) is 32.1. The molecule has 0 aliphatic heterocycles. The first kappa shape index (κ1) is 15.3. The predicted molar refractivity (Wildman–Crippen MR) is 96.1 cm³/mol. The third-order valence-corrected chi connectivity index (χ3v) is 4.50. The Kier molecular flexibility index (Phi) is 3.66. The lowest BCUT2D eigenvalue weighted by Crippen LogP contribution is -2.18. The molecule has 0 aliphatic carbocycles. The smallest absolute Gasteiger partial charge is 0.256 e. The van der Waals surface area contributed by atoms with Crippen molar-refractivity contribution in [1.82, 2.24) is 19.6 Å². The van der Waals surface area contributed by atoms with Crippen molar-refractivity contribution in [3.8, 4) is 10.7 Å². The van der Waals surface area contributed by atoms with Crippen LogP contribution in [-0.2, 0) is 0 Å². The lowest BCUT2D eigenvalue weighted by molar-refractivity contribution is 0.102. The normalized spacial score (nSPS) is 10.9. The van der Waals surface area contributed by atoms with Gasteiger partial charge < -0.3 is 5.32 Å². The number of H-pyrrole nitrogens is 1. The Bertz CT molecular complexity index is 1110. The Balaban J connectivity index is 1.74. The maximum atomic E-state index is 12.4. The lowest BCUT2D eigenvalue weighted by atomic mass is 10.1. The van der Waals surface area contributed by atoms with Gasteiger partial charge in [0.25, 0.3) is 11.5 Å². The number of carbonyl (C=O) groups excluding carboxylic acids is 1. The summed E-state index contributed by atoms with van der Waals surface area (Å²) in [5.74, 6) is 0.706. The van der Waals surface area contributed by atoms with Crippen LogP contribution >= 0.6 is 11.3 Å². The van der Waals surface area contributed by atoms with Gasteiger partial charge in [0.15, 0.2) is 5.82 Å². The van der Waals surface area contributed by atoms with E-state index in [2.05, 4.69) is 20.4 Å². The summed E-state index contributed by atoms with van der Waals surface area (Å²) in [6.07, 6.45) is 0. The van der Waals surface area contributed by atoms with E-state index in [1.807, 2.05) is 36.6 Å². The van der Waals surface area contributed by atoms with Gasteiger partial charge in [-0.1, -0.05) is 23.8 Å². The standard InChI is InChI=1S/C17H13N5O2S/c1-10-4-6-11(7-5-10)16(24)18-13-9-14(23)19-17-20-15(21-22(13)17)12-3-2-8-25-12/h2-9H,1H3,(H,18,24)(H,19,20,21,23). The van der Waals surface area contributed by atoms with Crippen LogP contribution in [0, 0.1) is 6.92 Å². The van der Waals surface area contributed by atoms with Crippen LogP contribution in [0.25, 0.3) is 16.5 Å². The van der Waals surface area contributed by atoms with Crippen LogP contribution in [0.3, 0.4) is 0 Å². The molecule has 0 radical (unpaired) electrons. The van der Waals surface area contributed by atoms with Crippen molar-refractivity contribution < 1.29 is 4.79 Å². The predicted octanol–water partition coefficient (Wildman–Crippen LogP) is 2.71. The molecule has 8 heteroatoms. The lowest BCUT2D eigenvalue weighted by Gasteiger charge is -2.06. The monoisotopic (exact) mass is 351 g/mol. The highest BCUT2D eigenvalue weighted by Gasteiger charge is 2.14. The maximum Gasteiger partial charge on any atom is 0.256 e. The Labute approximate surface area is 146 Å². The van der Waals surface area contributed by atoms with Crippen LogP contribution in [0.4, 0.5) is 5.82 Å². The van der Waals surface area contributed by atoms with Crippen LogP contribution in [0.5, 0.6) is 0 Å². The summed E-state index contributed by atoms with van der Waals surface area (Å²) >= 11 is 1.50. The topological polar surface area (TPSA) is 92.1 Å². The Hall–Kier alpha value is -3.26. The van der Waals surface area contributed by atoms with E-state index < -0.39 is 0 Å². The van der Waals surface area contributed by atoms with E-state index in [-0.39, 0.29) is 23.1 Å². The number of aromatic amines is 1. The molecular weight excluding hydrogens is 338 g/mol. The highest BCUT2D eigenvalue weighted by Crippen LogP contribution is 2.22. The molecule has 4 rings (SSSR count). The molecule has 0 spiro atoms. The number of carbonyl (C=O) groups is 1. The van der Waals surface area contributed by atoms with E-state index in [1.54, 1.807) is 12.1 Å². The number of aryl methyl sites for hydroxylation is 1. The van der Waals surface area contributed by atoms with Crippen LogP contribution in [-0.4, -0.2) is 25.5 Å². The van der Waals surface area contributed by atoms with Gasteiger partial charge >= 0.3 is 0 Å². The molecular formula is C17H13N5O2S. The summed E-state index contributed by atoms with van der Waals surface area (Å²) in [7, 11) is 0. The minimum absolute atomic E-state index is 0.264. The second-order valence-corrected chi connectivity index (χ2v) is 6.43. The van der Waals surface area contributed by atoms with Crippen LogP contribution in [0.2, 0.25) is 0 Å². The summed E-state index contributed by atoms with van der Waals surface area (Å²) in [6.45, 7) is 1.95. The van der Waals surface area contributed by atoms with Crippen LogP contribution in [0.1, 0.15) is 15.9 Å². The van der Waals surface area contributed by atoms with Crippen molar-refractivity contribution in [1.29, 1.82) is 0 Å². The van der Waals surface area contributed by atoms with Gasteiger partial charge in [0.1, 0.15) is 5.82 Å². The van der Waals surface area contributed by atoms with Crippen molar-refractivity contribution in [2.75, 3.05) is 5.32 Å². The summed E-state index contributed by atoms with van der Waals surface area (Å²) in [6, 6.07) is 12.2. The number of hydrogen-bond acceptors (Lipinski definition) is 5. The molecule has 0 unspecified atom stereocenters. The first-order valence-corrected chi connectivity index (χ1v) is 8.40. The van der Waals surface area contributed by atoms with Gasteiger partial charge in [0.2, 0.25) is 5.78 Å². The highest BCUT2D eigenvalue weighted by atomic mass is 32.1. The number of amides is 1. The molecule has 0 bridgehead atoms. The van der Waals surface area contributed by atoms with E-state index >= 15 is 0 Å². The molecule has 3 aromatic heterocycles. The van der Waals surface area contributed by atoms with E-state index in [4.69, 9.17) is 0 Å². The molecule has 3 heterocycles. The number of nitrogens with one attached hydrogen (secondary N) is 2. The third-order valence-electron chi connectivity index (χ3n) is 3.64. The molecule has 0 saturated carbocycles. The molecule has 124 valence electrons. The second-order valence-electron chi connectivity index (χ2n) is 5.49. The summed E-state index contributed by atoms with van der Waals surface area (Å²) in [5, 5.41) is 9.03. The average molecular weight is 351 g/mol. The Morgan fingerprint density at radius 3 is 2.76 bits per heavy atom. The molecule has 0 fully saturated rings. The number of benzene rings is 1. The van der Waals surface area contributed by atoms with Gasteiger partial charge in [-0.3, -0.25) is 14.6 Å². The van der Waals surface area contributed by atoms with Crippen molar-refractivity contribution >= 4 is 28.8 Å². The highest BCUT2D eigenvalue weighted by molar-refractivity contribution is 7.13. The molecule has 1 aromatic carbocycles. The molecule has 2 N–H and O–H groups in total. The number of nitrogens with zero attached hydrogens (tertiary/aromatic N) is 3. The molecule has 25 heavy (non-hydrogen) atoms. The van der Waals surface area contributed by atoms with Gasteiger partial charge in [-0.2, -0.15) is 9.50 Å². The fraction of sp³-hybridized carbons (Fsp3) is 0.0588. The Morgan fingerprint density at radius 1 is 1.24 bits per heavy atom. The van der Waals surface area contributed by atoms with Crippen molar-refractivity contribution in [2.45, 2.75) is 6.92 Å². The first-order chi connectivity index (χ1) is 12.1. The zero-order valence-electron chi connectivity index (χ0n) is 13.2. The van der Waals surface area contributed by atoms with E-state index in [0.717, 1.165) is 10.4 Å². The van der Waals surface area contributed by atoms with E-state index in [1.165, 1.54) is 21.9 Å². The molecule has 0 aliphatic rings. The number of thiophene rings is 1. The minimum Gasteiger partial charge on any atom is -0.306 e. The number of rotatable bonds is 3. The van der Waals surface area contributed by atoms with Crippen LogP contribution in [0.15, 0.2) is 52.6 Å². The molecule has 0 atom stereocenters. The molecule has 0 saturated heterocycles. The summed E-state index contributed by atoms with van der Waals surface area (Å²) < 4.78 is 1.42. The SMILES string of the molecule is Cc1ccc(C(=O)Nc2cc(=O)[nH]c3nc(-c4cccs4)nn23)cc1. The zero-order chi connectivity index (χ0) is 17.4. The fourth-order valence-corrected chi connectivity index (χ4v) is 3.04. The largest absolute Gasteiger partial charge is 0.306 e. The zero-order valence-corrected chi connectivity index (χ0v) is 14.0. The summed E-state index contributed by atoms with van der Waals surface area (Å²) in [5.41, 5.74) is 1.20. The van der Waals surface area contributed by atoms with E-state index in [9.17, 15) is 9.59 Å². The van der Waals surface area contributed by atoms with Gasteiger partial charge in [0.05, 0.1) is 4.88 Å². The van der Waals surface area contributed by atoms with Crippen LogP contribution < -0.4 is 10.9 Å².